The van der Waals surface area contributed by atoms with Crippen molar-refractivity contribution in [1.82, 2.24) is 4.98 Å². The molecule has 1 atom stereocenters. The number of pyridine rings is 1. The van der Waals surface area contributed by atoms with Crippen LogP contribution in [0.4, 0.5) is 11.4 Å². The van der Waals surface area contributed by atoms with Crippen LogP contribution in [0.5, 0.6) is 0 Å². The third-order valence-electron chi connectivity index (χ3n) is 3.88. The van der Waals surface area contributed by atoms with Gasteiger partial charge in [-0.25, -0.2) is 8.99 Å². The molecule has 26 heavy (non-hydrogen) atoms. The molecule has 7 heteroatoms. The summed E-state index contributed by atoms with van der Waals surface area (Å²) in [5.74, 6) is -0.331. The number of benzene rings is 2. The molecule has 0 radical (unpaired) electrons. The molecule has 0 saturated heterocycles. The predicted molar refractivity (Wildman–Crippen MR) is 104 cm³/mol. The number of hydrogen-bond donors (Lipinski definition) is 3. The van der Waals surface area contributed by atoms with Crippen molar-refractivity contribution in [2.45, 2.75) is 4.90 Å². The molecule has 2 aromatic carbocycles. The van der Waals surface area contributed by atoms with Gasteiger partial charge >= 0.3 is 0 Å². The molecule has 0 aliphatic heterocycles. The molecule has 3 aromatic rings. The summed E-state index contributed by atoms with van der Waals surface area (Å²) in [4.78, 5) is 16.9. The molecule has 0 spiro atoms. The molecule has 1 aromatic heterocycles. The zero-order valence-corrected chi connectivity index (χ0v) is 14.9. The lowest BCUT2D eigenvalue weighted by Gasteiger charge is -2.11. The van der Waals surface area contributed by atoms with E-state index in [1.807, 2.05) is 18.2 Å². The molecule has 1 unspecified atom stereocenters. The summed E-state index contributed by atoms with van der Waals surface area (Å²) < 4.78 is 19.3. The number of nitrogens with two attached hydrogens (primary N) is 1. The number of carbonyl (C=O) groups excluding carboxylic acids is 1. The van der Waals surface area contributed by atoms with E-state index >= 15 is 0 Å². The molecular formula is C19H18N4O2S. The van der Waals surface area contributed by atoms with Crippen LogP contribution in [0.2, 0.25) is 0 Å². The lowest BCUT2D eigenvalue weighted by atomic mass is 10.1. The van der Waals surface area contributed by atoms with Crippen LogP contribution < -0.4 is 11.1 Å². The number of anilines is 2. The average molecular weight is 366 g/mol. The van der Waals surface area contributed by atoms with Crippen LogP contribution in [-0.2, 0) is 9.73 Å². The van der Waals surface area contributed by atoms with E-state index in [9.17, 15) is 9.00 Å². The average Bonchev–Trinajstić information content (AvgIpc) is 2.63. The quantitative estimate of drug-likeness (QED) is 0.613. The van der Waals surface area contributed by atoms with Crippen LogP contribution in [0, 0.1) is 4.78 Å². The number of nitrogen functional groups attached to an aromatic ring is 1. The van der Waals surface area contributed by atoms with Gasteiger partial charge in [-0.2, -0.15) is 0 Å². The first-order valence-corrected chi connectivity index (χ1v) is 9.76. The number of nitrogens with one attached hydrogen (secondary N) is 2. The first kappa shape index (κ1) is 17.6. The van der Waals surface area contributed by atoms with Gasteiger partial charge in [0, 0.05) is 29.1 Å². The van der Waals surface area contributed by atoms with Crippen molar-refractivity contribution in [3.63, 3.8) is 0 Å². The third kappa shape index (κ3) is 3.89. The Balaban J connectivity index is 1.85. The molecule has 3 rings (SSSR count). The standard InChI is InChI=1S/C19H18N4O2S/c1-26(21,25)16-5-2-14(3-6-16)19(24)23-18-12-15(4-7-17(18)20)13-8-10-22-11-9-13/h2-12,21H,20H2,1H3,(H,23,24). The van der Waals surface area contributed by atoms with Gasteiger partial charge in [-0.3, -0.25) is 9.78 Å². The summed E-state index contributed by atoms with van der Waals surface area (Å²) >= 11 is 0. The molecule has 0 aliphatic rings. The van der Waals surface area contributed by atoms with Crippen molar-refractivity contribution < 1.29 is 9.00 Å². The van der Waals surface area contributed by atoms with Crippen LogP contribution in [0.3, 0.4) is 0 Å². The van der Waals surface area contributed by atoms with E-state index in [-0.39, 0.29) is 5.91 Å². The normalized spacial score (nSPS) is 13.0. The van der Waals surface area contributed by atoms with Gasteiger partial charge in [0.05, 0.1) is 21.1 Å². The summed E-state index contributed by atoms with van der Waals surface area (Å²) in [5.41, 5.74) is 9.22. The maximum Gasteiger partial charge on any atom is 0.255 e. The van der Waals surface area contributed by atoms with Gasteiger partial charge in [-0.1, -0.05) is 6.07 Å². The van der Waals surface area contributed by atoms with Crippen LogP contribution >= 0.6 is 0 Å². The number of amides is 1. The second-order valence-corrected chi connectivity index (χ2v) is 8.02. The highest BCUT2D eigenvalue weighted by Gasteiger charge is 2.11. The van der Waals surface area contributed by atoms with E-state index in [0.29, 0.717) is 21.8 Å². The highest BCUT2D eigenvalue weighted by molar-refractivity contribution is 7.91. The Labute approximate surface area is 152 Å². The maximum atomic E-state index is 12.5. The van der Waals surface area contributed by atoms with E-state index in [2.05, 4.69) is 10.3 Å². The topological polar surface area (TPSA) is 109 Å². The first-order chi connectivity index (χ1) is 12.3. The predicted octanol–water partition coefficient (Wildman–Crippen LogP) is 3.62. The number of rotatable bonds is 4. The molecular weight excluding hydrogens is 348 g/mol. The lowest BCUT2D eigenvalue weighted by molar-refractivity contribution is 0.102. The number of hydrogen-bond acceptors (Lipinski definition) is 5. The molecule has 1 heterocycles. The summed E-state index contributed by atoms with van der Waals surface area (Å²) in [6.07, 6.45) is 4.74. The summed E-state index contributed by atoms with van der Waals surface area (Å²) in [6.45, 7) is 0. The molecule has 1 amide bonds. The Hall–Kier alpha value is -3.19. The first-order valence-electron chi connectivity index (χ1n) is 7.80. The Kier molecular flexibility index (Phi) is 4.73. The van der Waals surface area contributed by atoms with Crippen molar-refractivity contribution in [3.8, 4) is 11.1 Å². The second-order valence-electron chi connectivity index (χ2n) is 5.86. The lowest BCUT2D eigenvalue weighted by Crippen LogP contribution is -2.13. The van der Waals surface area contributed by atoms with Crippen molar-refractivity contribution in [1.29, 1.82) is 4.78 Å². The molecule has 132 valence electrons. The van der Waals surface area contributed by atoms with Crippen molar-refractivity contribution in [3.05, 3.63) is 72.6 Å². The summed E-state index contributed by atoms with van der Waals surface area (Å²) in [7, 11) is -2.80. The van der Waals surface area contributed by atoms with E-state index in [0.717, 1.165) is 11.1 Å². The van der Waals surface area contributed by atoms with Gasteiger partial charge in [-0.15, -0.1) is 0 Å². The van der Waals surface area contributed by atoms with Crippen molar-refractivity contribution in [2.75, 3.05) is 17.3 Å². The number of aromatic nitrogens is 1. The highest BCUT2D eigenvalue weighted by atomic mass is 32.2. The fourth-order valence-corrected chi connectivity index (χ4v) is 3.10. The Morgan fingerprint density at radius 1 is 1.04 bits per heavy atom. The molecule has 4 N–H and O–H groups in total. The van der Waals surface area contributed by atoms with Crippen LogP contribution in [0.1, 0.15) is 10.4 Å². The Bertz CT molecular complexity index is 1050. The zero-order chi connectivity index (χ0) is 18.7. The molecule has 0 saturated carbocycles. The fourth-order valence-electron chi connectivity index (χ4n) is 2.45. The molecule has 0 bridgehead atoms. The van der Waals surface area contributed by atoms with Crippen molar-refractivity contribution >= 4 is 27.0 Å². The monoisotopic (exact) mass is 366 g/mol. The highest BCUT2D eigenvalue weighted by Crippen LogP contribution is 2.27. The number of carbonyl (C=O) groups is 1. The summed E-state index contributed by atoms with van der Waals surface area (Å²) in [6, 6.07) is 15.3. The van der Waals surface area contributed by atoms with E-state index in [1.165, 1.54) is 18.4 Å². The fraction of sp³-hybridized carbons (Fsp3) is 0.0526. The molecule has 6 nitrogen and oxygen atoms in total. The SMILES string of the molecule is CS(=N)(=O)c1ccc(C(=O)Nc2cc(-c3ccncc3)ccc2N)cc1. The Morgan fingerprint density at radius 2 is 1.69 bits per heavy atom. The largest absolute Gasteiger partial charge is 0.397 e. The minimum Gasteiger partial charge on any atom is -0.397 e. The van der Waals surface area contributed by atoms with Gasteiger partial charge in [0.15, 0.2) is 0 Å². The maximum absolute atomic E-state index is 12.5. The minimum atomic E-state index is -2.80. The second kappa shape index (κ2) is 6.97. The van der Waals surface area contributed by atoms with Gasteiger partial charge in [0.2, 0.25) is 0 Å². The van der Waals surface area contributed by atoms with Gasteiger partial charge in [0.25, 0.3) is 5.91 Å². The van der Waals surface area contributed by atoms with Crippen LogP contribution in [0.25, 0.3) is 11.1 Å². The van der Waals surface area contributed by atoms with Gasteiger partial charge < -0.3 is 11.1 Å². The summed E-state index contributed by atoms with van der Waals surface area (Å²) in [5, 5.41) is 2.80. The van der Waals surface area contributed by atoms with Gasteiger partial charge in [0.1, 0.15) is 0 Å². The molecule has 0 aliphatic carbocycles. The van der Waals surface area contributed by atoms with E-state index in [1.54, 1.807) is 36.7 Å². The van der Waals surface area contributed by atoms with E-state index in [4.69, 9.17) is 10.5 Å². The van der Waals surface area contributed by atoms with Gasteiger partial charge in [-0.05, 0) is 59.7 Å². The van der Waals surface area contributed by atoms with Crippen LogP contribution in [0.15, 0.2) is 71.9 Å². The number of nitrogens with zero attached hydrogens (tertiary/aromatic N) is 1. The Morgan fingerprint density at radius 3 is 2.31 bits per heavy atom. The smallest absolute Gasteiger partial charge is 0.255 e. The third-order valence-corrected chi connectivity index (χ3v) is 5.05. The molecule has 0 fully saturated rings. The zero-order valence-electron chi connectivity index (χ0n) is 14.1. The van der Waals surface area contributed by atoms with Crippen LogP contribution in [-0.4, -0.2) is 21.4 Å². The van der Waals surface area contributed by atoms with Crippen molar-refractivity contribution in [2.24, 2.45) is 0 Å². The van der Waals surface area contributed by atoms with E-state index < -0.39 is 9.73 Å². The minimum absolute atomic E-state index is 0.331.